The molecule has 116 valence electrons. The lowest BCUT2D eigenvalue weighted by Gasteiger charge is -2.28. The van der Waals surface area contributed by atoms with Crippen LogP contribution in [0.3, 0.4) is 0 Å². The summed E-state index contributed by atoms with van der Waals surface area (Å²) in [5.41, 5.74) is 1.20. The lowest BCUT2D eigenvalue weighted by Crippen LogP contribution is -2.38. The van der Waals surface area contributed by atoms with Gasteiger partial charge in [-0.15, -0.1) is 0 Å². The first kappa shape index (κ1) is 15.3. The van der Waals surface area contributed by atoms with Crippen LogP contribution in [0.2, 0.25) is 0 Å². The summed E-state index contributed by atoms with van der Waals surface area (Å²) < 4.78 is 6.20. The molecule has 0 aromatic carbocycles. The molecule has 0 aliphatic carbocycles. The molecule has 2 fully saturated rings. The van der Waals surface area contributed by atoms with E-state index in [2.05, 4.69) is 33.6 Å². The van der Waals surface area contributed by atoms with E-state index in [-0.39, 0.29) is 0 Å². The second-order valence-electron chi connectivity index (χ2n) is 5.94. The van der Waals surface area contributed by atoms with Gasteiger partial charge in [-0.1, -0.05) is 6.92 Å². The van der Waals surface area contributed by atoms with Crippen LogP contribution in [0.5, 0.6) is 0 Å². The summed E-state index contributed by atoms with van der Waals surface area (Å²) in [6, 6.07) is 0. The highest BCUT2D eigenvalue weighted by Crippen LogP contribution is 2.23. The number of aryl methyl sites for hydroxylation is 1. The Morgan fingerprint density at radius 2 is 1.90 bits per heavy atom. The summed E-state index contributed by atoms with van der Waals surface area (Å²) in [6.45, 7) is 5.67. The number of aromatic nitrogens is 2. The maximum atomic E-state index is 6.20. The maximum absolute atomic E-state index is 6.20. The zero-order valence-electron chi connectivity index (χ0n) is 12.8. The van der Waals surface area contributed by atoms with Crippen LogP contribution in [0.15, 0.2) is 12.4 Å². The van der Waals surface area contributed by atoms with Crippen LogP contribution in [0.4, 0.5) is 0 Å². The first-order valence-electron chi connectivity index (χ1n) is 8.09. The number of ether oxygens (including phenoxy) is 1. The molecule has 4 nitrogen and oxygen atoms in total. The fraction of sp³-hybridized carbons (Fsp3) is 0.750. The summed E-state index contributed by atoms with van der Waals surface area (Å²) in [5, 5.41) is 0. The fourth-order valence-electron chi connectivity index (χ4n) is 3.01. The van der Waals surface area contributed by atoms with Gasteiger partial charge in [-0.25, -0.2) is 9.97 Å². The Morgan fingerprint density at radius 3 is 2.62 bits per heavy atom. The predicted octanol–water partition coefficient (Wildman–Crippen LogP) is 2.18. The van der Waals surface area contributed by atoms with Gasteiger partial charge in [0.2, 0.25) is 0 Å². The molecule has 2 aliphatic heterocycles. The van der Waals surface area contributed by atoms with Gasteiger partial charge in [-0.2, -0.15) is 11.8 Å². The van der Waals surface area contributed by atoms with Gasteiger partial charge >= 0.3 is 0 Å². The summed E-state index contributed by atoms with van der Waals surface area (Å²) >= 11 is 2.06. The molecule has 0 unspecified atom stereocenters. The number of nitrogens with zero attached hydrogens (tertiary/aromatic N) is 3. The Morgan fingerprint density at radius 1 is 1.19 bits per heavy atom. The van der Waals surface area contributed by atoms with Crippen LogP contribution >= 0.6 is 11.8 Å². The fourth-order valence-corrected chi connectivity index (χ4v) is 3.99. The molecule has 1 aromatic rings. The molecule has 0 radical (unpaired) electrons. The smallest absolute Gasteiger partial charge is 0.130 e. The van der Waals surface area contributed by atoms with Crippen LogP contribution < -0.4 is 0 Å². The Labute approximate surface area is 131 Å². The molecule has 1 aromatic heterocycles. The van der Waals surface area contributed by atoms with E-state index < -0.39 is 0 Å². The van der Waals surface area contributed by atoms with E-state index >= 15 is 0 Å². The molecule has 0 spiro atoms. The van der Waals surface area contributed by atoms with Crippen molar-refractivity contribution in [3.05, 3.63) is 23.8 Å². The van der Waals surface area contributed by atoms with E-state index in [1.807, 2.05) is 12.4 Å². The minimum atomic E-state index is 0.307. The van der Waals surface area contributed by atoms with Crippen molar-refractivity contribution in [2.75, 3.05) is 31.1 Å². The lowest BCUT2D eigenvalue weighted by atomic mass is 10.1. The summed E-state index contributed by atoms with van der Waals surface area (Å²) in [5.74, 6) is 3.47. The lowest BCUT2D eigenvalue weighted by molar-refractivity contribution is 0.0242. The first-order valence-corrected chi connectivity index (χ1v) is 9.24. The molecule has 0 bridgehead atoms. The molecule has 3 rings (SSSR count). The van der Waals surface area contributed by atoms with Crippen LogP contribution in [-0.2, 0) is 17.6 Å². The largest absolute Gasteiger partial charge is 0.373 e. The molecule has 21 heavy (non-hydrogen) atoms. The van der Waals surface area contributed by atoms with Gasteiger partial charge in [0.15, 0.2) is 0 Å². The predicted molar refractivity (Wildman–Crippen MR) is 86.8 cm³/mol. The molecular weight excluding hydrogens is 282 g/mol. The van der Waals surface area contributed by atoms with E-state index in [1.54, 1.807) is 0 Å². The van der Waals surface area contributed by atoms with Crippen molar-refractivity contribution in [2.45, 2.75) is 44.8 Å². The Balaban J connectivity index is 1.45. The Hall–Kier alpha value is -0.650. The third-order valence-corrected chi connectivity index (χ3v) is 5.28. The van der Waals surface area contributed by atoms with Crippen molar-refractivity contribution in [3.63, 3.8) is 0 Å². The van der Waals surface area contributed by atoms with Crippen LogP contribution in [0, 0.1) is 0 Å². The van der Waals surface area contributed by atoms with Gasteiger partial charge in [0.25, 0.3) is 0 Å². The van der Waals surface area contributed by atoms with E-state index in [1.165, 1.54) is 36.6 Å². The quantitative estimate of drug-likeness (QED) is 0.833. The number of thioether (sulfide) groups is 1. The minimum absolute atomic E-state index is 0.307. The van der Waals surface area contributed by atoms with E-state index in [4.69, 9.17) is 4.74 Å². The van der Waals surface area contributed by atoms with Gasteiger partial charge in [0.1, 0.15) is 5.82 Å². The summed E-state index contributed by atoms with van der Waals surface area (Å²) in [6.07, 6.45) is 8.79. The number of rotatable bonds is 5. The topological polar surface area (TPSA) is 38.2 Å². The van der Waals surface area contributed by atoms with Crippen molar-refractivity contribution in [3.8, 4) is 0 Å². The highest BCUT2D eigenvalue weighted by molar-refractivity contribution is 7.99. The van der Waals surface area contributed by atoms with E-state index in [9.17, 15) is 0 Å². The Bertz CT molecular complexity index is 434. The monoisotopic (exact) mass is 307 g/mol. The number of hydrogen-bond donors (Lipinski definition) is 0. The van der Waals surface area contributed by atoms with E-state index in [0.717, 1.165) is 31.6 Å². The van der Waals surface area contributed by atoms with Crippen molar-refractivity contribution in [1.29, 1.82) is 0 Å². The second-order valence-corrected chi connectivity index (χ2v) is 7.16. The van der Waals surface area contributed by atoms with Crippen molar-refractivity contribution in [2.24, 2.45) is 0 Å². The first-order chi connectivity index (χ1) is 10.3. The molecule has 0 N–H and O–H groups in total. The van der Waals surface area contributed by atoms with Gasteiger partial charge in [-0.3, -0.25) is 4.90 Å². The molecule has 2 atom stereocenters. The second kappa shape index (κ2) is 7.56. The van der Waals surface area contributed by atoms with Gasteiger partial charge in [0, 0.05) is 50.0 Å². The highest BCUT2D eigenvalue weighted by Gasteiger charge is 2.28. The number of hydrogen-bond acceptors (Lipinski definition) is 5. The average Bonchev–Trinajstić information content (AvgIpc) is 2.96. The zero-order chi connectivity index (χ0) is 14.5. The van der Waals surface area contributed by atoms with Gasteiger partial charge < -0.3 is 4.74 Å². The van der Waals surface area contributed by atoms with Crippen molar-refractivity contribution < 1.29 is 4.74 Å². The molecule has 2 saturated heterocycles. The van der Waals surface area contributed by atoms with Crippen LogP contribution in [-0.4, -0.2) is 58.2 Å². The van der Waals surface area contributed by atoms with Crippen LogP contribution in [0.25, 0.3) is 0 Å². The summed E-state index contributed by atoms with van der Waals surface area (Å²) in [4.78, 5) is 11.5. The van der Waals surface area contributed by atoms with Crippen molar-refractivity contribution >= 4 is 11.8 Å². The summed E-state index contributed by atoms with van der Waals surface area (Å²) in [7, 11) is 0. The molecular formula is C16H25N3OS. The third-order valence-electron chi connectivity index (χ3n) is 4.34. The molecule has 2 aliphatic rings. The highest BCUT2D eigenvalue weighted by atomic mass is 32.2. The third kappa shape index (κ3) is 4.41. The van der Waals surface area contributed by atoms with Crippen LogP contribution in [0.1, 0.15) is 31.2 Å². The average molecular weight is 307 g/mol. The molecule has 0 amide bonds. The van der Waals surface area contributed by atoms with Gasteiger partial charge in [-0.05, 0) is 24.8 Å². The van der Waals surface area contributed by atoms with E-state index in [0.29, 0.717) is 12.2 Å². The maximum Gasteiger partial charge on any atom is 0.130 e. The molecule has 0 saturated carbocycles. The normalized spacial score (nSPS) is 27.1. The van der Waals surface area contributed by atoms with Gasteiger partial charge in [0.05, 0.1) is 12.2 Å². The zero-order valence-corrected chi connectivity index (χ0v) is 13.6. The van der Waals surface area contributed by atoms with Crippen molar-refractivity contribution in [1.82, 2.24) is 14.9 Å². The minimum Gasteiger partial charge on any atom is -0.373 e. The molecule has 3 heterocycles. The standard InChI is InChI=1S/C16H25N3OS/c1-2-13-10-17-16(18-11-13)9-14-3-4-15(20-14)12-19-5-7-21-8-6-19/h10-11,14-15H,2-9,12H2,1H3/t14-,15+/m0/s1. The SMILES string of the molecule is CCc1cnc(C[C@@H]2CC[C@H](CN3CCSCC3)O2)nc1. The molecule has 5 heteroatoms. The Kier molecular flexibility index (Phi) is 5.49.